The van der Waals surface area contributed by atoms with E-state index in [1.165, 1.54) is 0 Å². The van der Waals surface area contributed by atoms with Crippen LogP contribution in [-0.4, -0.2) is 31.5 Å². The molecule has 2 rings (SSSR count). The van der Waals surface area contributed by atoms with Crippen molar-refractivity contribution in [3.8, 4) is 5.75 Å². The van der Waals surface area contributed by atoms with Gasteiger partial charge in [-0.25, -0.2) is 0 Å². The molecule has 0 aliphatic carbocycles. The normalized spacial score (nSPS) is 10.0. The Kier molecular flexibility index (Phi) is 8.59. The van der Waals surface area contributed by atoms with Gasteiger partial charge in [0.15, 0.2) is 0 Å². The lowest BCUT2D eigenvalue weighted by Gasteiger charge is -2.10. The van der Waals surface area contributed by atoms with E-state index in [2.05, 4.69) is 29.5 Å². The molecule has 28 heavy (non-hydrogen) atoms. The van der Waals surface area contributed by atoms with Crippen molar-refractivity contribution in [2.24, 2.45) is 0 Å². The Morgan fingerprint density at radius 1 is 1.04 bits per heavy atom. The predicted octanol–water partition coefficient (Wildman–Crippen LogP) is 3.83. The smallest absolute Gasteiger partial charge is 0.251 e. The van der Waals surface area contributed by atoms with Crippen LogP contribution in [0.2, 0.25) is 0 Å². The van der Waals surface area contributed by atoms with Crippen LogP contribution in [-0.2, 0) is 4.79 Å². The van der Waals surface area contributed by atoms with Crippen LogP contribution >= 0.6 is 0 Å². The lowest BCUT2D eigenvalue weighted by Crippen LogP contribution is -2.24. The third-order valence-electron chi connectivity index (χ3n) is 3.92. The fourth-order valence-corrected chi connectivity index (χ4v) is 2.40. The van der Waals surface area contributed by atoms with Crippen LogP contribution in [0.5, 0.6) is 5.75 Å². The Hall–Kier alpha value is -3.28. The molecule has 148 valence electrons. The number of anilines is 2. The molecule has 0 heterocycles. The summed E-state index contributed by atoms with van der Waals surface area (Å²) in [6.07, 6.45) is 3.67. The van der Waals surface area contributed by atoms with E-state index in [0.717, 1.165) is 24.3 Å². The predicted molar refractivity (Wildman–Crippen MR) is 113 cm³/mol. The van der Waals surface area contributed by atoms with Gasteiger partial charge in [0.1, 0.15) is 12.4 Å². The van der Waals surface area contributed by atoms with E-state index < -0.39 is 0 Å². The van der Waals surface area contributed by atoms with Crippen LogP contribution in [0.1, 0.15) is 30.1 Å². The molecule has 2 aromatic carbocycles. The van der Waals surface area contributed by atoms with Gasteiger partial charge in [0.25, 0.3) is 5.91 Å². The van der Waals surface area contributed by atoms with Crippen molar-refractivity contribution in [3.63, 3.8) is 0 Å². The van der Waals surface area contributed by atoms with Gasteiger partial charge >= 0.3 is 0 Å². The Bertz CT molecular complexity index is 771. The molecule has 0 saturated heterocycles. The lowest BCUT2D eigenvalue weighted by molar-refractivity contribution is -0.114. The highest BCUT2D eigenvalue weighted by molar-refractivity contribution is 5.96. The Morgan fingerprint density at radius 3 is 2.36 bits per heavy atom. The second-order valence-electron chi connectivity index (χ2n) is 6.21. The largest absolute Gasteiger partial charge is 0.490 e. The molecular formula is C22H27N3O3. The molecule has 0 aliphatic heterocycles. The summed E-state index contributed by atoms with van der Waals surface area (Å²) < 4.78 is 5.41. The zero-order chi connectivity index (χ0) is 20.2. The molecule has 0 saturated carbocycles. The van der Waals surface area contributed by atoms with Crippen molar-refractivity contribution in [1.82, 2.24) is 5.32 Å². The molecule has 0 unspecified atom stereocenters. The van der Waals surface area contributed by atoms with Crippen molar-refractivity contribution < 1.29 is 14.3 Å². The fraction of sp³-hybridized carbons (Fsp3) is 0.273. The summed E-state index contributed by atoms with van der Waals surface area (Å²) in [7, 11) is 0. The third-order valence-corrected chi connectivity index (χ3v) is 3.92. The van der Waals surface area contributed by atoms with Gasteiger partial charge in [0.2, 0.25) is 5.91 Å². The molecule has 0 aromatic heterocycles. The number of rotatable bonds is 11. The molecule has 6 nitrogen and oxygen atoms in total. The number of amides is 2. The van der Waals surface area contributed by atoms with Gasteiger partial charge < -0.3 is 20.7 Å². The number of carbonyl (C=O) groups excluding carboxylic acids is 2. The summed E-state index contributed by atoms with van der Waals surface area (Å²) in [5.74, 6) is 0.467. The van der Waals surface area contributed by atoms with Crippen molar-refractivity contribution in [3.05, 3.63) is 66.7 Å². The number of hydrogen-bond acceptors (Lipinski definition) is 4. The summed E-state index contributed by atoms with van der Waals surface area (Å²) in [5, 5.41) is 8.72. The molecular weight excluding hydrogens is 354 g/mol. The van der Waals surface area contributed by atoms with E-state index in [9.17, 15) is 9.59 Å². The number of nitrogens with one attached hydrogen (secondary N) is 3. The van der Waals surface area contributed by atoms with E-state index in [-0.39, 0.29) is 18.4 Å². The van der Waals surface area contributed by atoms with Gasteiger partial charge in [-0.05, 0) is 55.0 Å². The Balaban J connectivity index is 1.78. The highest BCUT2D eigenvalue weighted by Crippen LogP contribution is 2.15. The van der Waals surface area contributed by atoms with Crippen molar-refractivity contribution in [2.75, 3.05) is 30.3 Å². The first-order valence-electron chi connectivity index (χ1n) is 9.38. The van der Waals surface area contributed by atoms with Crippen molar-refractivity contribution in [2.45, 2.75) is 19.8 Å². The molecule has 2 aromatic rings. The van der Waals surface area contributed by atoms with Crippen LogP contribution in [0.3, 0.4) is 0 Å². The highest BCUT2D eigenvalue weighted by atomic mass is 16.5. The zero-order valence-corrected chi connectivity index (χ0v) is 16.2. The van der Waals surface area contributed by atoms with Gasteiger partial charge in [0, 0.05) is 23.5 Å². The van der Waals surface area contributed by atoms with Crippen LogP contribution in [0.4, 0.5) is 11.4 Å². The Morgan fingerprint density at radius 2 is 1.71 bits per heavy atom. The minimum atomic E-state index is -0.174. The summed E-state index contributed by atoms with van der Waals surface area (Å²) in [4.78, 5) is 24.1. The average Bonchev–Trinajstić information content (AvgIpc) is 2.72. The number of benzene rings is 2. The molecule has 0 aliphatic rings. The van der Waals surface area contributed by atoms with E-state index in [0.29, 0.717) is 24.4 Å². The second kappa shape index (κ2) is 11.4. The molecule has 0 bridgehead atoms. The minimum Gasteiger partial charge on any atom is -0.490 e. The minimum absolute atomic E-state index is 0.103. The molecule has 0 radical (unpaired) electrons. The summed E-state index contributed by atoms with van der Waals surface area (Å²) in [6, 6.07) is 14.2. The quantitative estimate of drug-likeness (QED) is 0.408. The topological polar surface area (TPSA) is 79.5 Å². The maximum Gasteiger partial charge on any atom is 0.251 e. The van der Waals surface area contributed by atoms with Crippen molar-refractivity contribution in [1.29, 1.82) is 0 Å². The van der Waals surface area contributed by atoms with Gasteiger partial charge in [-0.1, -0.05) is 26.0 Å². The molecule has 2 amide bonds. The maximum absolute atomic E-state index is 12.1. The van der Waals surface area contributed by atoms with Crippen LogP contribution in [0, 0.1) is 0 Å². The lowest BCUT2D eigenvalue weighted by atomic mass is 10.2. The first-order chi connectivity index (χ1) is 13.6. The first kappa shape index (κ1) is 21.0. The first-order valence-corrected chi connectivity index (χ1v) is 9.38. The monoisotopic (exact) mass is 381 g/mol. The van der Waals surface area contributed by atoms with Crippen LogP contribution in [0.25, 0.3) is 0 Å². The van der Waals surface area contributed by atoms with Gasteiger partial charge in [0.05, 0.1) is 6.54 Å². The summed E-state index contributed by atoms with van der Waals surface area (Å²) in [5.41, 5.74) is 2.04. The summed E-state index contributed by atoms with van der Waals surface area (Å²) >= 11 is 0. The number of hydrogen-bond donors (Lipinski definition) is 3. The van der Waals surface area contributed by atoms with E-state index in [4.69, 9.17) is 4.74 Å². The van der Waals surface area contributed by atoms with Crippen LogP contribution in [0.15, 0.2) is 61.2 Å². The standard InChI is InChI=1S/C22H27N3O3/c1-3-5-14-23-22(27)17-6-8-19(9-7-17)25-21(26)16-24-18-10-12-20(13-11-18)28-15-4-2/h4,6-13,24H,2-3,5,14-16H2,1H3,(H,23,27)(H,25,26). The summed E-state index contributed by atoms with van der Waals surface area (Å²) in [6.45, 7) is 6.93. The average molecular weight is 381 g/mol. The molecule has 0 fully saturated rings. The number of unbranched alkanes of at least 4 members (excludes halogenated alkanes) is 1. The van der Waals surface area contributed by atoms with Crippen molar-refractivity contribution >= 4 is 23.2 Å². The fourth-order valence-electron chi connectivity index (χ4n) is 2.40. The molecule has 0 atom stereocenters. The second-order valence-corrected chi connectivity index (χ2v) is 6.21. The van der Waals surface area contributed by atoms with Gasteiger partial charge in [-0.3, -0.25) is 9.59 Å². The Labute approximate surface area is 166 Å². The molecule has 0 spiro atoms. The van der Waals surface area contributed by atoms with E-state index >= 15 is 0 Å². The molecule has 6 heteroatoms. The number of ether oxygens (including phenoxy) is 1. The van der Waals surface area contributed by atoms with E-state index in [1.807, 2.05) is 24.3 Å². The van der Waals surface area contributed by atoms with Gasteiger partial charge in [-0.15, -0.1) is 0 Å². The zero-order valence-electron chi connectivity index (χ0n) is 16.2. The number of carbonyl (C=O) groups is 2. The third kappa shape index (κ3) is 7.15. The maximum atomic E-state index is 12.1. The molecule has 3 N–H and O–H groups in total. The SMILES string of the molecule is C=CCOc1ccc(NCC(=O)Nc2ccc(C(=O)NCCCC)cc2)cc1. The highest BCUT2D eigenvalue weighted by Gasteiger charge is 2.06. The van der Waals surface area contributed by atoms with E-state index in [1.54, 1.807) is 30.3 Å². The van der Waals surface area contributed by atoms with Gasteiger partial charge in [-0.2, -0.15) is 0 Å². The van der Waals surface area contributed by atoms with Crippen LogP contribution < -0.4 is 20.7 Å².